The summed E-state index contributed by atoms with van der Waals surface area (Å²) in [4.78, 5) is 14.0. The Bertz CT molecular complexity index is 624. The van der Waals surface area contributed by atoms with Crippen LogP contribution in [-0.4, -0.2) is 29.3 Å². The first-order valence-electron chi connectivity index (χ1n) is 6.63. The first-order valence-corrected chi connectivity index (χ1v) is 7.82. The van der Waals surface area contributed by atoms with Crippen molar-refractivity contribution in [1.82, 2.24) is 10.2 Å². The van der Waals surface area contributed by atoms with Gasteiger partial charge in [-0.05, 0) is 37.1 Å². The second-order valence-electron chi connectivity index (χ2n) is 4.67. The summed E-state index contributed by atoms with van der Waals surface area (Å²) in [6.07, 6.45) is 2.36. The molecule has 3 rings (SSSR count). The summed E-state index contributed by atoms with van der Waals surface area (Å²) in [6.45, 7) is 2.01. The molecule has 2 aromatic rings. The Hall–Kier alpha value is -1.86. The third-order valence-electron chi connectivity index (χ3n) is 3.11. The van der Waals surface area contributed by atoms with E-state index >= 15 is 0 Å². The Labute approximate surface area is 131 Å². The standard InChI is InChI=1S/C13H14ClN5OS/c14-9-3-5-10(6-4-9)15-11(20)16-12-17-18-13(21-12)19-7-1-2-8-19/h3-6H,1-2,7-8H2,(H2,15,16,17,20). The van der Waals surface area contributed by atoms with Gasteiger partial charge in [-0.3, -0.25) is 5.32 Å². The Morgan fingerprint density at radius 2 is 1.86 bits per heavy atom. The molecule has 1 aromatic heterocycles. The van der Waals surface area contributed by atoms with Gasteiger partial charge in [0.15, 0.2) is 0 Å². The van der Waals surface area contributed by atoms with Crippen LogP contribution in [0.2, 0.25) is 5.02 Å². The van der Waals surface area contributed by atoms with Gasteiger partial charge in [-0.2, -0.15) is 0 Å². The van der Waals surface area contributed by atoms with Gasteiger partial charge in [-0.1, -0.05) is 22.9 Å². The van der Waals surface area contributed by atoms with Crippen molar-refractivity contribution in [2.24, 2.45) is 0 Å². The minimum atomic E-state index is -0.346. The molecule has 2 amide bonds. The zero-order valence-corrected chi connectivity index (χ0v) is 12.7. The molecule has 110 valence electrons. The van der Waals surface area contributed by atoms with Crippen molar-refractivity contribution in [3.05, 3.63) is 29.3 Å². The zero-order valence-electron chi connectivity index (χ0n) is 11.2. The molecule has 0 unspecified atom stereocenters. The van der Waals surface area contributed by atoms with Crippen LogP contribution in [0.3, 0.4) is 0 Å². The van der Waals surface area contributed by atoms with Crippen molar-refractivity contribution in [3.8, 4) is 0 Å². The van der Waals surface area contributed by atoms with Gasteiger partial charge in [0.1, 0.15) is 0 Å². The number of amides is 2. The second kappa shape index (κ2) is 6.28. The minimum Gasteiger partial charge on any atom is -0.347 e. The normalized spacial score (nSPS) is 14.2. The highest BCUT2D eigenvalue weighted by molar-refractivity contribution is 7.19. The van der Waals surface area contributed by atoms with Crippen LogP contribution in [-0.2, 0) is 0 Å². The van der Waals surface area contributed by atoms with Crippen molar-refractivity contribution >= 4 is 44.9 Å². The van der Waals surface area contributed by atoms with Crippen molar-refractivity contribution in [2.45, 2.75) is 12.8 Å². The van der Waals surface area contributed by atoms with Crippen LogP contribution < -0.4 is 15.5 Å². The van der Waals surface area contributed by atoms with Gasteiger partial charge in [0.05, 0.1) is 0 Å². The van der Waals surface area contributed by atoms with E-state index in [4.69, 9.17) is 11.6 Å². The molecule has 1 aliphatic rings. The maximum Gasteiger partial charge on any atom is 0.325 e. The lowest BCUT2D eigenvalue weighted by atomic mass is 10.3. The molecule has 1 aromatic carbocycles. The van der Waals surface area contributed by atoms with Gasteiger partial charge in [-0.25, -0.2) is 4.79 Å². The van der Waals surface area contributed by atoms with E-state index in [1.807, 2.05) is 0 Å². The third-order valence-corrected chi connectivity index (χ3v) is 4.26. The summed E-state index contributed by atoms with van der Waals surface area (Å²) in [7, 11) is 0. The van der Waals surface area contributed by atoms with Gasteiger partial charge >= 0.3 is 6.03 Å². The first kappa shape index (κ1) is 14.1. The fourth-order valence-corrected chi connectivity index (χ4v) is 3.01. The van der Waals surface area contributed by atoms with E-state index in [-0.39, 0.29) is 6.03 Å². The monoisotopic (exact) mass is 323 g/mol. The van der Waals surface area contributed by atoms with Crippen LogP contribution in [0, 0.1) is 0 Å². The molecule has 0 spiro atoms. The lowest BCUT2D eigenvalue weighted by Gasteiger charge is -2.10. The molecule has 2 N–H and O–H groups in total. The van der Waals surface area contributed by atoms with Crippen molar-refractivity contribution in [1.29, 1.82) is 0 Å². The number of urea groups is 1. The number of carbonyl (C=O) groups excluding carboxylic acids is 1. The SMILES string of the molecule is O=C(Nc1ccc(Cl)cc1)Nc1nnc(N2CCCC2)s1. The highest BCUT2D eigenvalue weighted by Gasteiger charge is 2.17. The zero-order chi connectivity index (χ0) is 14.7. The van der Waals surface area contributed by atoms with Crippen LogP contribution in [0.4, 0.5) is 20.7 Å². The molecule has 0 atom stereocenters. The van der Waals surface area contributed by atoms with E-state index in [2.05, 4.69) is 25.7 Å². The number of rotatable bonds is 3. The predicted molar refractivity (Wildman–Crippen MR) is 85.4 cm³/mol. The fraction of sp³-hybridized carbons (Fsp3) is 0.308. The maximum atomic E-state index is 11.9. The van der Waals surface area contributed by atoms with Crippen LogP contribution in [0.25, 0.3) is 0 Å². The lowest BCUT2D eigenvalue weighted by Crippen LogP contribution is -2.19. The Kier molecular flexibility index (Phi) is 4.21. The van der Waals surface area contributed by atoms with Crippen molar-refractivity contribution in [3.63, 3.8) is 0 Å². The summed E-state index contributed by atoms with van der Waals surface area (Å²) in [5.41, 5.74) is 0.668. The number of nitrogens with zero attached hydrogens (tertiary/aromatic N) is 3. The highest BCUT2D eigenvalue weighted by atomic mass is 35.5. The molecule has 8 heteroatoms. The molecule has 2 heterocycles. The minimum absolute atomic E-state index is 0.346. The molecule has 0 radical (unpaired) electrons. The average molecular weight is 324 g/mol. The molecular weight excluding hydrogens is 310 g/mol. The molecule has 0 bridgehead atoms. The summed E-state index contributed by atoms with van der Waals surface area (Å²) in [5, 5.41) is 15.5. The fourth-order valence-electron chi connectivity index (χ4n) is 2.09. The first-order chi connectivity index (χ1) is 10.2. The van der Waals surface area contributed by atoms with Crippen molar-refractivity contribution < 1.29 is 4.79 Å². The molecule has 1 fully saturated rings. The number of aromatic nitrogens is 2. The summed E-state index contributed by atoms with van der Waals surface area (Å²) < 4.78 is 0. The van der Waals surface area contributed by atoms with Gasteiger partial charge < -0.3 is 10.2 Å². The van der Waals surface area contributed by atoms with Gasteiger partial charge in [0.25, 0.3) is 0 Å². The number of anilines is 3. The Morgan fingerprint density at radius 3 is 2.57 bits per heavy atom. The molecule has 1 saturated heterocycles. The highest BCUT2D eigenvalue weighted by Crippen LogP contribution is 2.26. The Morgan fingerprint density at radius 1 is 1.14 bits per heavy atom. The summed E-state index contributed by atoms with van der Waals surface area (Å²) in [6, 6.07) is 6.55. The van der Waals surface area contributed by atoms with Gasteiger partial charge in [0, 0.05) is 23.8 Å². The van der Waals surface area contributed by atoms with Gasteiger partial charge in [-0.15, -0.1) is 10.2 Å². The topological polar surface area (TPSA) is 70.1 Å². The summed E-state index contributed by atoms with van der Waals surface area (Å²) in [5.74, 6) is 0. The maximum absolute atomic E-state index is 11.9. The molecule has 21 heavy (non-hydrogen) atoms. The molecule has 1 aliphatic heterocycles. The molecular formula is C13H14ClN5OS. The van der Waals surface area contributed by atoms with Crippen LogP contribution in [0.1, 0.15) is 12.8 Å². The summed E-state index contributed by atoms with van der Waals surface area (Å²) >= 11 is 7.18. The number of benzene rings is 1. The van der Waals surface area contributed by atoms with Crippen molar-refractivity contribution in [2.75, 3.05) is 28.6 Å². The third kappa shape index (κ3) is 3.62. The predicted octanol–water partition coefficient (Wildman–Crippen LogP) is 3.44. The quantitative estimate of drug-likeness (QED) is 0.907. The smallest absolute Gasteiger partial charge is 0.325 e. The number of hydrogen-bond donors (Lipinski definition) is 2. The number of hydrogen-bond acceptors (Lipinski definition) is 5. The van der Waals surface area contributed by atoms with E-state index in [0.717, 1.165) is 18.2 Å². The molecule has 6 nitrogen and oxygen atoms in total. The lowest BCUT2D eigenvalue weighted by molar-refractivity contribution is 0.262. The number of halogens is 1. The van der Waals surface area contributed by atoms with E-state index in [0.29, 0.717) is 15.8 Å². The Balaban J connectivity index is 1.58. The van der Waals surface area contributed by atoms with E-state index in [1.54, 1.807) is 24.3 Å². The number of nitrogens with one attached hydrogen (secondary N) is 2. The molecule has 0 aliphatic carbocycles. The number of carbonyl (C=O) groups is 1. The largest absolute Gasteiger partial charge is 0.347 e. The van der Waals surface area contributed by atoms with E-state index in [1.165, 1.54) is 24.2 Å². The average Bonchev–Trinajstić information content (AvgIpc) is 3.12. The second-order valence-corrected chi connectivity index (χ2v) is 6.06. The van der Waals surface area contributed by atoms with E-state index in [9.17, 15) is 4.79 Å². The van der Waals surface area contributed by atoms with Crippen LogP contribution in [0.15, 0.2) is 24.3 Å². The van der Waals surface area contributed by atoms with Gasteiger partial charge in [0.2, 0.25) is 10.3 Å². The molecule has 0 saturated carbocycles. The van der Waals surface area contributed by atoms with Crippen LogP contribution in [0.5, 0.6) is 0 Å². The van der Waals surface area contributed by atoms with Crippen LogP contribution >= 0.6 is 22.9 Å². The van der Waals surface area contributed by atoms with E-state index < -0.39 is 0 Å².